The zero-order chi connectivity index (χ0) is 16.2. The SMILES string of the molecule is Cc1nc(COc2ccc(Nc3cc(Cl)nc(N)n3)cc2)no1. The Labute approximate surface area is 136 Å². The van der Waals surface area contributed by atoms with Crippen molar-refractivity contribution >= 4 is 29.1 Å². The number of ether oxygens (including phenoxy) is 1. The number of hydrogen-bond donors (Lipinski definition) is 2. The van der Waals surface area contributed by atoms with Crippen LogP contribution in [0, 0.1) is 6.92 Å². The molecule has 0 atom stereocenters. The first-order valence-electron chi connectivity index (χ1n) is 6.67. The molecule has 3 aromatic rings. The average Bonchev–Trinajstić information content (AvgIpc) is 2.91. The lowest BCUT2D eigenvalue weighted by molar-refractivity contribution is 0.286. The van der Waals surface area contributed by atoms with Gasteiger partial charge in [-0.05, 0) is 24.3 Å². The number of nitrogens with two attached hydrogens (primary N) is 1. The first-order chi connectivity index (χ1) is 11.1. The molecule has 0 radical (unpaired) electrons. The van der Waals surface area contributed by atoms with Crippen molar-refractivity contribution in [1.29, 1.82) is 0 Å². The number of rotatable bonds is 5. The summed E-state index contributed by atoms with van der Waals surface area (Å²) in [5, 5.41) is 7.11. The van der Waals surface area contributed by atoms with Gasteiger partial charge in [-0.25, -0.2) is 4.98 Å². The molecule has 1 aromatic carbocycles. The number of halogens is 1. The Morgan fingerprint density at radius 1 is 1.22 bits per heavy atom. The second-order valence-corrected chi connectivity index (χ2v) is 4.99. The summed E-state index contributed by atoms with van der Waals surface area (Å²) in [5.41, 5.74) is 6.35. The molecule has 3 N–H and O–H groups in total. The van der Waals surface area contributed by atoms with Gasteiger partial charge in [0.2, 0.25) is 17.7 Å². The number of hydrogen-bond acceptors (Lipinski definition) is 8. The van der Waals surface area contributed by atoms with Gasteiger partial charge in [-0.1, -0.05) is 16.8 Å². The van der Waals surface area contributed by atoms with E-state index in [1.807, 2.05) is 12.1 Å². The van der Waals surface area contributed by atoms with E-state index in [0.717, 1.165) is 5.69 Å². The molecule has 118 valence electrons. The van der Waals surface area contributed by atoms with Crippen molar-refractivity contribution in [2.45, 2.75) is 13.5 Å². The lowest BCUT2D eigenvalue weighted by atomic mass is 10.3. The van der Waals surface area contributed by atoms with Gasteiger partial charge in [0.1, 0.15) is 16.7 Å². The number of anilines is 3. The van der Waals surface area contributed by atoms with Gasteiger partial charge in [-0.15, -0.1) is 0 Å². The summed E-state index contributed by atoms with van der Waals surface area (Å²) in [5.74, 6) is 2.30. The Morgan fingerprint density at radius 2 is 2.00 bits per heavy atom. The van der Waals surface area contributed by atoms with E-state index in [1.165, 1.54) is 0 Å². The second kappa shape index (κ2) is 6.49. The molecular formula is C14H13ClN6O2. The Morgan fingerprint density at radius 3 is 2.65 bits per heavy atom. The predicted molar refractivity (Wildman–Crippen MR) is 84.5 cm³/mol. The molecule has 0 fully saturated rings. The van der Waals surface area contributed by atoms with Crippen LogP contribution in [0.1, 0.15) is 11.7 Å². The summed E-state index contributed by atoms with van der Waals surface area (Å²) in [4.78, 5) is 11.9. The van der Waals surface area contributed by atoms with Crippen LogP contribution in [0.3, 0.4) is 0 Å². The minimum absolute atomic E-state index is 0.107. The van der Waals surface area contributed by atoms with E-state index in [1.54, 1.807) is 25.1 Å². The van der Waals surface area contributed by atoms with Crippen molar-refractivity contribution in [3.63, 3.8) is 0 Å². The topological polar surface area (TPSA) is 112 Å². The van der Waals surface area contributed by atoms with Crippen LogP contribution >= 0.6 is 11.6 Å². The van der Waals surface area contributed by atoms with Crippen molar-refractivity contribution in [3.05, 3.63) is 47.2 Å². The van der Waals surface area contributed by atoms with Crippen LogP contribution in [0.5, 0.6) is 5.75 Å². The van der Waals surface area contributed by atoms with E-state index in [2.05, 4.69) is 25.4 Å². The summed E-state index contributed by atoms with van der Waals surface area (Å²) in [6.07, 6.45) is 0. The van der Waals surface area contributed by atoms with Crippen LogP contribution in [0.15, 0.2) is 34.9 Å². The molecule has 3 rings (SSSR count). The third-order valence-electron chi connectivity index (χ3n) is 2.78. The number of nitrogens with zero attached hydrogens (tertiary/aromatic N) is 4. The summed E-state index contributed by atoms with van der Waals surface area (Å²) in [7, 11) is 0. The molecule has 0 aliphatic heterocycles. The highest BCUT2D eigenvalue weighted by Gasteiger charge is 2.04. The van der Waals surface area contributed by atoms with Crippen molar-refractivity contribution in [2.75, 3.05) is 11.1 Å². The molecule has 0 saturated carbocycles. The standard InChI is InChI=1S/C14H13ClN6O2/c1-8-17-13(21-23-8)7-22-10-4-2-9(3-5-10)18-12-6-11(15)19-14(16)20-12/h2-6H,7H2,1H3,(H3,16,18,19,20). The van der Waals surface area contributed by atoms with Crippen LogP contribution in [-0.4, -0.2) is 20.1 Å². The van der Waals surface area contributed by atoms with Crippen LogP contribution in [0.2, 0.25) is 5.15 Å². The molecular weight excluding hydrogens is 320 g/mol. The van der Waals surface area contributed by atoms with E-state index < -0.39 is 0 Å². The van der Waals surface area contributed by atoms with E-state index in [4.69, 9.17) is 26.6 Å². The van der Waals surface area contributed by atoms with Crippen LogP contribution in [0.4, 0.5) is 17.5 Å². The van der Waals surface area contributed by atoms with Crippen LogP contribution in [-0.2, 0) is 6.61 Å². The lowest BCUT2D eigenvalue weighted by Crippen LogP contribution is -2.00. The average molecular weight is 333 g/mol. The molecule has 0 amide bonds. The molecule has 9 heteroatoms. The Kier molecular flexibility index (Phi) is 4.24. The molecule has 0 bridgehead atoms. The van der Waals surface area contributed by atoms with Crippen LogP contribution in [0.25, 0.3) is 0 Å². The predicted octanol–water partition coefficient (Wildman–Crippen LogP) is 2.73. The van der Waals surface area contributed by atoms with E-state index in [9.17, 15) is 0 Å². The molecule has 8 nitrogen and oxygen atoms in total. The van der Waals surface area contributed by atoms with E-state index in [0.29, 0.717) is 23.3 Å². The molecule has 0 saturated heterocycles. The van der Waals surface area contributed by atoms with Crippen molar-refractivity contribution in [3.8, 4) is 5.75 Å². The fraction of sp³-hybridized carbons (Fsp3) is 0.143. The molecule has 2 aromatic heterocycles. The van der Waals surface area contributed by atoms with Gasteiger partial charge in [0.05, 0.1) is 0 Å². The van der Waals surface area contributed by atoms with Gasteiger partial charge in [0, 0.05) is 18.7 Å². The summed E-state index contributed by atoms with van der Waals surface area (Å²) >= 11 is 5.83. The highest BCUT2D eigenvalue weighted by Crippen LogP contribution is 2.21. The highest BCUT2D eigenvalue weighted by molar-refractivity contribution is 6.29. The van der Waals surface area contributed by atoms with Gasteiger partial charge in [-0.2, -0.15) is 9.97 Å². The Bertz CT molecular complexity index is 785. The van der Waals surface area contributed by atoms with Crippen LogP contribution < -0.4 is 15.8 Å². The first-order valence-corrected chi connectivity index (χ1v) is 7.05. The highest BCUT2D eigenvalue weighted by atomic mass is 35.5. The third kappa shape index (κ3) is 4.07. The molecule has 0 aliphatic rings. The summed E-state index contributed by atoms with van der Waals surface area (Å²) < 4.78 is 10.4. The molecule has 2 heterocycles. The van der Waals surface area contributed by atoms with Gasteiger partial charge in [-0.3, -0.25) is 0 Å². The molecule has 0 unspecified atom stereocenters. The maximum absolute atomic E-state index is 5.83. The van der Waals surface area contributed by atoms with Gasteiger partial charge >= 0.3 is 0 Å². The maximum Gasteiger partial charge on any atom is 0.223 e. The van der Waals surface area contributed by atoms with E-state index >= 15 is 0 Å². The summed E-state index contributed by atoms with van der Waals surface area (Å²) in [6.45, 7) is 1.96. The quantitative estimate of drug-likeness (QED) is 0.686. The lowest BCUT2D eigenvalue weighted by Gasteiger charge is -2.08. The zero-order valence-electron chi connectivity index (χ0n) is 12.2. The number of nitrogen functional groups attached to an aromatic ring is 1. The molecule has 23 heavy (non-hydrogen) atoms. The van der Waals surface area contributed by atoms with Gasteiger partial charge < -0.3 is 20.3 Å². The fourth-order valence-corrected chi connectivity index (χ4v) is 2.02. The first kappa shape index (κ1) is 15.0. The third-order valence-corrected chi connectivity index (χ3v) is 2.97. The largest absolute Gasteiger partial charge is 0.485 e. The van der Waals surface area contributed by atoms with Crippen molar-refractivity contribution in [2.24, 2.45) is 0 Å². The van der Waals surface area contributed by atoms with Gasteiger partial charge in [0.15, 0.2) is 6.61 Å². The Balaban J connectivity index is 1.62. The normalized spacial score (nSPS) is 10.5. The van der Waals surface area contributed by atoms with Crippen molar-refractivity contribution < 1.29 is 9.26 Å². The number of aromatic nitrogens is 4. The smallest absolute Gasteiger partial charge is 0.223 e. The maximum atomic E-state index is 5.83. The number of benzene rings is 1. The van der Waals surface area contributed by atoms with Crippen molar-refractivity contribution in [1.82, 2.24) is 20.1 Å². The Hall–Kier alpha value is -2.87. The fourth-order valence-electron chi connectivity index (χ4n) is 1.83. The number of nitrogens with one attached hydrogen (secondary N) is 1. The minimum atomic E-state index is 0.107. The summed E-state index contributed by atoms with van der Waals surface area (Å²) in [6, 6.07) is 8.87. The second-order valence-electron chi connectivity index (χ2n) is 4.60. The monoisotopic (exact) mass is 332 g/mol. The zero-order valence-corrected chi connectivity index (χ0v) is 12.9. The molecule has 0 spiro atoms. The number of aryl methyl sites for hydroxylation is 1. The molecule has 0 aliphatic carbocycles. The minimum Gasteiger partial charge on any atom is -0.485 e. The van der Waals surface area contributed by atoms with E-state index in [-0.39, 0.29) is 17.7 Å². The van der Waals surface area contributed by atoms with Gasteiger partial charge in [0.25, 0.3) is 0 Å².